The van der Waals surface area contributed by atoms with Crippen molar-refractivity contribution in [1.82, 2.24) is 5.32 Å². The van der Waals surface area contributed by atoms with Crippen LogP contribution in [0.1, 0.15) is 39.3 Å². The first-order chi connectivity index (χ1) is 13.1. The standard InChI is InChI=1S/C22H23NO3S/c1-15-7-4-5-10-20(15)26-13-17-11-21(27-14-17)22(24)23-16(2)18-8-6-9-19(12-18)25-3/h4-12,14,16H,13H2,1-3H3,(H,23,24). The van der Waals surface area contributed by atoms with Gasteiger partial charge in [-0.1, -0.05) is 30.3 Å². The number of benzene rings is 2. The van der Waals surface area contributed by atoms with E-state index in [9.17, 15) is 4.79 Å². The summed E-state index contributed by atoms with van der Waals surface area (Å²) in [5.41, 5.74) is 3.09. The fourth-order valence-electron chi connectivity index (χ4n) is 2.71. The molecular formula is C22H23NO3S. The van der Waals surface area contributed by atoms with Crippen LogP contribution in [0, 0.1) is 6.92 Å². The fraction of sp³-hybridized carbons (Fsp3) is 0.227. The zero-order valence-corrected chi connectivity index (χ0v) is 16.5. The normalized spacial score (nSPS) is 11.7. The van der Waals surface area contributed by atoms with Crippen LogP contribution in [0.4, 0.5) is 0 Å². The molecule has 0 fully saturated rings. The highest BCUT2D eigenvalue weighted by Crippen LogP contribution is 2.22. The maximum absolute atomic E-state index is 12.6. The number of thiophene rings is 1. The topological polar surface area (TPSA) is 47.6 Å². The van der Waals surface area contributed by atoms with Crippen LogP contribution in [0.25, 0.3) is 0 Å². The summed E-state index contributed by atoms with van der Waals surface area (Å²) in [7, 11) is 1.63. The summed E-state index contributed by atoms with van der Waals surface area (Å²) in [5, 5.41) is 5.00. The molecule has 0 bridgehead atoms. The van der Waals surface area contributed by atoms with Gasteiger partial charge in [0.15, 0.2) is 0 Å². The first kappa shape index (κ1) is 19.0. The first-order valence-corrected chi connectivity index (χ1v) is 9.65. The number of amides is 1. The molecule has 5 heteroatoms. The molecule has 0 saturated heterocycles. The van der Waals surface area contributed by atoms with Crippen molar-refractivity contribution in [3.63, 3.8) is 0 Å². The number of hydrogen-bond acceptors (Lipinski definition) is 4. The van der Waals surface area contributed by atoms with Gasteiger partial charge in [-0.3, -0.25) is 4.79 Å². The SMILES string of the molecule is COc1cccc(C(C)NC(=O)c2cc(COc3ccccc3C)cs2)c1. The average Bonchev–Trinajstić information content (AvgIpc) is 3.16. The number of ether oxygens (including phenoxy) is 2. The van der Waals surface area contributed by atoms with Gasteiger partial charge >= 0.3 is 0 Å². The predicted molar refractivity (Wildman–Crippen MR) is 109 cm³/mol. The van der Waals surface area contributed by atoms with Crippen LogP contribution < -0.4 is 14.8 Å². The lowest BCUT2D eigenvalue weighted by Gasteiger charge is -2.14. The van der Waals surface area contributed by atoms with Gasteiger partial charge < -0.3 is 14.8 Å². The largest absolute Gasteiger partial charge is 0.497 e. The molecule has 1 N–H and O–H groups in total. The van der Waals surface area contributed by atoms with Gasteiger partial charge in [-0.25, -0.2) is 0 Å². The van der Waals surface area contributed by atoms with E-state index in [-0.39, 0.29) is 11.9 Å². The minimum absolute atomic E-state index is 0.0857. The smallest absolute Gasteiger partial charge is 0.261 e. The van der Waals surface area contributed by atoms with E-state index in [1.54, 1.807) is 7.11 Å². The first-order valence-electron chi connectivity index (χ1n) is 8.77. The summed E-state index contributed by atoms with van der Waals surface area (Å²) in [6.45, 7) is 4.42. The van der Waals surface area contributed by atoms with E-state index < -0.39 is 0 Å². The van der Waals surface area contributed by atoms with Gasteiger partial charge in [-0.05, 0) is 54.6 Å². The molecule has 0 spiro atoms. The number of carbonyl (C=O) groups is 1. The van der Waals surface area contributed by atoms with E-state index in [0.29, 0.717) is 11.5 Å². The number of hydrogen-bond donors (Lipinski definition) is 1. The number of rotatable bonds is 7. The van der Waals surface area contributed by atoms with Gasteiger partial charge in [0.25, 0.3) is 5.91 Å². The molecule has 140 valence electrons. The predicted octanol–water partition coefficient (Wildman–Crippen LogP) is 5.14. The number of carbonyl (C=O) groups excluding carboxylic acids is 1. The van der Waals surface area contributed by atoms with Crippen molar-refractivity contribution in [2.24, 2.45) is 0 Å². The maximum atomic E-state index is 12.6. The van der Waals surface area contributed by atoms with E-state index in [2.05, 4.69) is 5.32 Å². The second-order valence-corrected chi connectivity index (χ2v) is 7.26. The van der Waals surface area contributed by atoms with Crippen LogP contribution in [-0.4, -0.2) is 13.0 Å². The Bertz CT molecular complexity index is 919. The van der Waals surface area contributed by atoms with E-state index >= 15 is 0 Å². The average molecular weight is 381 g/mol. The van der Waals surface area contributed by atoms with Crippen molar-refractivity contribution in [1.29, 1.82) is 0 Å². The maximum Gasteiger partial charge on any atom is 0.261 e. The highest BCUT2D eigenvalue weighted by molar-refractivity contribution is 7.12. The van der Waals surface area contributed by atoms with Crippen LogP contribution in [0.2, 0.25) is 0 Å². The highest BCUT2D eigenvalue weighted by atomic mass is 32.1. The molecule has 0 saturated carbocycles. The van der Waals surface area contributed by atoms with Gasteiger partial charge in [-0.15, -0.1) is 11.3 Å². The molecule has 0 aliphatic heterocycles. The lowest BCUT2D eigenvalue weighted by Crippen LogP contribution is -2.25. The second-order valence-electron chi connectivity index (χ2n) is 6.35. The summed E-state index contributed by atoms with van der Waals surface area (Å²) >= 11 is 1.43. The van der Waals surface area contributed by atoms with Gasteiger partial charge in [-0.2, -0.15) is 0 Å². The molecule has 0 aliphatic carbocycles. The Hall–Kier alpha value is -2.79. The molecular weight excluding hydrogens is 358 g/mol. The van der Waals surface area contributed by atoms with Gasteiger partial charge in [0.05, 0.1) is 18.0 Å². The third-order valence-corrected chi connectivity index (χ3v) is 5.28. The second kappa shape index (κ2) is 8.73. The highest BCUT2D eigenvalue weighted by Gasteiger charge is 2.14. The summed E-state index contributed by atoms with van der Waals surface area (Å²) in [6.07, 6.45) is 0. The number of aryl methyl sites for hydroxylation is 1. The summed E-state index contributed by atoms with van der Waals surface area (Å²) in [6, 6.07) is 17.4. The molecule has 3 rings (SSSR count). The third kappa shape index (κ3) is 4.89. The van der Waals surface area contributed by atoms with E-state index in [0.717, 1.165) is 28.2 Å². The Balaban J connectivity index is 1.60. The van der Waals surface area contributed by atoms with Crippen LogP contribution in [0.3, 0.4) is 0 Å². The van der Waals surface area contributed by atoms with Crippen molar-refractivity contribution < 1.29 is 14.3 Å². The molecule has 4 nitrogen and oxygen atoms in total. The monoisotopic (exact) mass is 381 g/mol. The minimum Gasteiger partial charge on any atom is -0.497 e. The quantitative estimate of drug-likeness (QED) is 0.617. The number of nitrogens with one attached hydrogen (secondary N) is 1. The Morgan fingerprint density at radius 1 is 1.15 bits per heavy atom. The molecule has 2 aromatic carbocycles. The fourth-order valence-corrected chi connectivity index (χ4v) is 3.51. The molecule has 1 atom stereocenters. The number of para-hydroxylation sites is 1. The zero-order chi connectivity index (χ0) is 19.2. The molecule has 0 radical (unpaired) electrons. The summed E-state index contributed by atoms with van der Waals surface area (Å²) in [4.78, 5) is 13.2. The van der Waals surface area contributed by atoms with Crippen molar-refractivity contribution in [3.05, 3.63) is 81.5 Å². The van der Waals surface area contributed by atoms with Crippen LogP contribution in [0.5, 0.6) is 11.5 Å². The summed E-state index contributed by atoms with van der Waals surface area (Å²) in [5.74, 6) is 1.55. The summed E-state index contributed by atoms with van der Waals surface area (Å²) < 4.78 is 11.1. The van der Waals surface area contributed by atoms with E-state index in [1.165, 1.54) is 11.3 Å². The molecule has 1 unspecified atom stereocenters. The van der Waals surface area contributed by atoms with Crippen molar-refractivity contribution in [3.8, 4) is 11.5 Å². The molecule has 3 aromatic rings. The molecule has 0 aliphatic rings. The van der Waals surface area contributed by atoms with Gasteiger partial charge in [0.1, 0.15) is 18.1 Å². The van der Waals surface area contributed by atoms with Gasteiger partial charge in [0.2, 0.25) is 0 Å². The van der Waals surface area contributed by atoms with Crippen LogP contribution in [-0.2, 0) is 6.61 Å². The molecule has 1 heterocycles. The lowest BCUT2D eigenvalue weighted by molar-refractivity contribution is 0.0944. The molecule has 27 heavy (non-hydrogen) atoms. The Morgan fingerprint density at radius 2 is 1.96 bits per heavy atom. The Kier molecular flexibility index (Phi) is 6.14. The Labute approximate surface area is 163 Å². The van der Waals surface area contributed by atoms with Crippen molar-refractivity contribution in [2.45, 2.75) is 26.5 Å². The minimum atomic E-state index is -0.110. The number of methoxy groups -OCH3 is 1. The lowest BCUT2D eigenvalue weighted by atomic mass is 10.1. The van der Waals surface area contributed by atoms with Crippen molar-refractivity contribution >= 4 is 17.2 Å². The Morgan fingerprint density at radius 3 is 2.74 bits per heavy atom. The van der Waals surface area contributed by atoms with Crippen LogP contribution >= 0.6 is 11.3 Å². The van der Waals surface area contributed by atoms with E-state index in [1.807, 2.05) is 73.8 Å². The zero-order valence-electron chi connectivity index (χ0n) is 15.7. The van der Waals surface area contributed by atoms with Crippen LogP contribution in [0.15, 0.2) is 60.0 Å². The van der Waals surface area contributed by atoms with E-state index in [4.69, 9.17) is 9.47 Å². The van der Waals surface area contributed by atoms with Gasteiger partial charge in [0, 0.05) is 5.56 Å². The molecule has 1 aromatic heterocycles. The molecule has 1 amide bonds. The third-order valence-electron chi connectivity index (χ3n) is 4.31. The van der Waals surface area contributed by atoms with Crippen molar-refractivity contribution in [2.75, 3.05) is 7.11 Å².